The van der Waals surface area contributed by atoms with Gasteiger partial charge in [0.05, 0.1) is 6.42 Å². The molecule has 1 aromatic carbocycles. The molecule has 0 aliphatic carbocycles. The molecule has 1 fully saturated rings. The van der Waals surface area contributed by atoms with Gasteiger partial charge < -0.3 is 10.4 Å². The number of carbonyl (C=O) groups excluding carboxylic acids is 1. The zero-order valence-electron chi connectivity index (χ0n) is 11.5. The van der Waals surface area contributed by atoms with E-state index < -0.39 is 5.97 Å². The van der Waals surface area contributed by atoms with Crippen molar-refractivity contribution in [3.8, 4) is 0 Å². The second-order valence-corrected chi connectivity index (χ2v) is 5.13. The first kappa shape index (κ1) is 14.5. The summed E-state index contributed by atoms with van der Waals surface area (Å²) in [6.07, 6.45) is 2.38. The number of anilines is 1. The minimum absolute atomic E-state index is 0.00564. The van der Waals surface area contributed by atoms with Crippen LogP contribution in [0, 0.1) is 0 Å². The standard InChI is InChI=1S/C15H20N2O3/c18-14(6-7-15(19)20)16-13-5-3-4-12(10-13)11-17-8-1-2-9-17/h3-5,10H,1-2,6-9,11H2,(H,16,18)(H,19,20). The van der Waals surface area contributed by atoms with Crippen molar-refractivity contribution in [1.82, 2.24) is 4.90 Å². The Labute approximate surface area is 118 Å². The number of rotatable bonds is 6. The summed E-state index contributed by atoms with van der Waals surface area (Å²) in [6.45, 7) is 3.17. The molecule has 1 aliphatic rings. The summed E-state index contributed by atoms with van der Waals surface area (Å²) in [4.78, 5) is 24.4. The monoisotopic (exact) mass is 276 g/mol. The molecule has 108 valence electrons. The van der Waals surface area contributed by atoms with E-state index in [0.29, 0.717) is 0 Å². The molecule has 0 radical (unpaired) electrons. The van der Waals surface area contributed by atoms with Crippen molar-refractivity contribution in [1.29, 1.82) is 0 Å². The average molecular weight is 276 g/mol. The molecule has 1 heterocycles. The van der Waals surface area contributed by atoms with E-state index in [1.165, 1.54) is 18.4 Å². The summed E-state index contributed by atoms with van der Waals surface area (Å²) in [6, 6.07) is 7.74. The third-order valence-corrected chi connectivity index (χ3v) is 3.38. The Morgan fingerprint density at radius 3 is 2.65 bits per heavy atom. The maximum absolute atomic E-state index is 11.6. The molecule has 2 N–H and O–H groups in total. The van der Waals surface area contributed by atoms with E-state index in [1.807, 2.05) is 24.3 Å². The van der Waals surface area contributed by atoms with Gasteiger partial charge in [-0.25, -0.2) is 0 Å². The molecule has 1 aromatic rings. The Balaban J connectivity index is 1.88. The van der Waals surface area contributed by atoms with Crippen LogP contribution in [-0.2, 0) is 16.1 Å². The summed E-state index contributed by atoms with van der Waals surface area (Å²) < 4.78 is 0. The number of nitrogens with one attached hydrogen (secondary N) is 1. The fourth-order valence-corrected chi connectivity index (χ4v) is 2.39. The lowest BCUT2D eigenvalue weighted by Crippen LogP contribution is -2.18. The van der Waals surface area contributed by atoms with Gasteiger partial charge in [0.15, 0.2) is 0 Å². The summed E-state index contributed by atoms with van der Waals surface area (Å²) in [7, 11) is 0. The molecule has 0 spiro atoms. The van der Waals surface area contributed by atoms with Crippen LogP contribution < -0.4 is 5.32 Å². The lowest BCUT2D eigenvalue weighted by molar-refractivity contribution is -0.138. The van der Waals surface area contributed by atoms with E-state index in [0.717, 1.165) is 25.3 Å². The quantitative estimate of drug-likeness (QED) is 0.834. The maximum Gasteiger partial charge on any atom is 0.303 e. The highest BCUT2D eigenvalue weighted by molar-refractivity contribution is 5.92. The van der Waals surface area contributed by atoms with Gasteiger partial charge in [-0.3, -0.25) is 14.5 Å². The van der Waals surface area contributed by atoms with Gasteiger partial charge >= 0.3 is 5.97 Å². The highest BCUT2D eigenvalue weighted by Gasteiger charge is 2.12. The zero-order chi connectivity index (χ0) is 14.4. The third-order valence-electron chi connectivity index (χ3n) is 3.38. The largest absolute Gasteiger partial charge is 0.481 e. The fraction of sp³-hybridized carbons (Fsp3) is 0.467. The number of amides is 1. The number of carboxylic acid groups (broad SMARTS) is 1. The predicted molar refractivity (Wildman–Crippen MR) is 76.5 cm³/mol. The van der Waals surface area contributed by atoms with Gasteiger partial charge in [-0.2, -0.15) is 0 Å². The van der Waals surface area contributed by atoms with Gasteiger partial charge in [0.1, 0.15) is 0 Å². The minimum Gasteiger partial charge on any atom is -0.481 e. The Bertz CT molecular complexity index is 482. The SMILES string of the molecule is O=C(O)CCC(=O)Nc1cccc(CN2CCCC2)c1. The first-order chi connectivity index (χ1) is 9.63. The average Bonchev–Trinajstić information content (AvgIpc) is 2.89. The van der Waals surface area contributed by atoms with Gasteiger partial charge in [0, 0.05) is 18.7 Å². The van der Waals surface area contributed by atoms with Gasteiger partial charge in [0.25, 0.3) is 0 Å². The van der Waals surface area contributed by atoms with Gasteiger partial charge in [-0.15, -0.1) is 0 Å². The van der Waals surface area contributed by atoms with Crippen LogP contribution in [0.25, 0.3) is 0 Å². The van der Waals surface area contributed by atoms with Crippen LogP contribution in [0.1, 0.15) is 31.2 Å². The van der Waals surface area contributed by atoms with Crippen LogP contribution in [0.3, 0.4) is 0 Å². The van der Waals surface area contributed by atoms with Crippen LogP contribution in [0.2, 0.25) is 0 Å². The molecule has 5 heteroatoms. The molecule has 0 bridgehead atoms. The van der Waals surface area contributed by atoms with Crippen molar-refractivity contribution in [2.45, 2.75) is 32.2 Å². The minimum atomic E-state index is -0.956. The Hall–Kier alpha value is -1.88. The normalized spacial score (nSPS) is 15.2. The predicted octanol–water partition coefficient (Wildman–Crippen LogP) is 2.09. The molecule has 5 nitrogen and oxygen atoms in total. The highest BCUT2D eigenvalue weighted by Crippen LogP contribution is 2.16. The first-order valence-corrected chi connectivity index (χ1v) is 6.96. The topological polar surface area (TPSA) is 69.6 Å². The highest BCUT2D eigenvalue weighted by atomic mass is 16.4. The van der Waals surface area contributed by atoms with Crippen molar-refractivity contribution < 1.29 is 14.7 Å². The Morgan fingerprint density at radius 2 is 1.95 bits per heavy atom. The smallest absolute Gasteiger partial charge is 0.303 e. The van der Waals surface area contributed by atoms with Gasteiger partial charge in [0.2, 0.25) is 5.91 Å². The van der Waals surface area contributed by atoms with Crippen LogP contribution in [0.4, 0.5) is 5.69 Å². The van der Waals surface area contributed by atoms with Crippen molar-refractivity contribution in [2.75, 3.05) is 18.4 Å². The van der Waals surface area contributed by atoms with Crippen LogP contribution in [0.5, 0.6) is 0 Å². The Morgan fingerprint density at radius 1 is 1.20 bits per heavy atom. The molecule has 1 amide bonds. The van der Waals surface area contributed by atoms with Crippen molar-refractivity contribution in [3.63, 3.8) is 0 Å². The van der Waals surface area contributed by atoms with Crippen molar-refractivity contribution >= 4 is 17.6 Å². The lowest BCUT2D eigenvalue weighted by atomic mass is 10.2. The van der Waals surface area contributed by atoms with E-state index in [-0.39, 0.29) is 18.7 Å². The van der Waals surface area contributed by atoms with E-state index in [1.54, 1.807) is 0 Å². The van der Waals surface area contributed by atoms with Crippen molar-refractivity contribution in [2.24, 2.45) is 0 Å². The molecule has 20 heavy (non-hydrogen) atoms. The summed E-state index contributed by atoms with van der Waals surface area (Å²) in [5, 5.41) is 11.3. The van der Waals surface area contributed by atoms with Crippen LogP contribution in [0.15, 0.2) is 24.3 Å². The Kier molecular flexibility index (Phi) is 5.12. The van der Waals surface area contributed by atoms with E-state index >= 15 is 0 Å². The molecule has 0 saturated carbocycles. The number of nitrogens with zero attached hydrogens (tertiary/aromatic N) is 1. The summed E-state index contributed by atoms with van der Waals surface area (Å²) >= 11 is 0. The number of aliphatic carboxylic acids is 1. The van der Waals surface area contributed by atoms with Crippen LogP contribution >= 0.6 is 0 Å². The van der Waals surface area contributed by atoms with E-state index in [4.69, 9.17) is 5.11 Å². The van der Waals surface area contributed by atoms with Crippen molar-refractivity contribution in [3.05, 3.63) is 29.8 Å². The number of carboxylic acids is 1. The molecule has 0 aromatic heterocycles. The molecular formula is C15H20N2O3. The van der Waals surface area contributed by atoms with E-state index in [9.17, 15) is 9.59 Å². The number of likely N-dealkylation sites (tertiary alicyclic amines) is 1. The number of carbonyl (C=O) groups is 2. The summed E-state index contributed by atoms with van der Waals surface area (Å²) in [5.74, 6) is -1.21. The lowest BCUT2D eigenvalue weighted by Gasteiger charge is -2.15. The molecule has 0 atom stereocenters. The second-order valence-electron chi connectivity index (χ2n) is 5.13. The molecule has 1 saturated heterocycles. The third kappa shape index (κ3) is 4.66. The maximum atomic E-state index is 11.6. The van der Waals surface area contributed by atoms with Gasteiger partial charge in [-0.05, 0) is 43.6 Å². The van der Waals surface area contributed by atoms with Crippen LogP contribution in [-0.4, -0.2) is 35.0 Å². The molecular weight excluding hydrogens is 256 g/mol. The molecule has 2 rings (SSSR count). The second kappa shape index (κ2) is 7.05. The summed E-state index contributed by atoms with van der Waals surface area (Å²) in [5.41, 5.74) is 1.90. The number of hydrogen-bond acceptors (Lipinski definition) is 3. The molecule has 1 aliphatic heterocycles. The number of hydrogen-bond donors (Lipinski definition) is 2. The molecule has 0 unspecified atom stereocenters. The first-order valence-electron chi connectivity index (χ1n) is 6.96. The number of benzene rings is 1. The zero-order valence-corrected chi connectivity index (χ0v) is 11.5. The van der Waals surface area contributed by atoms with E-state index in [2.05, 4.69) is 10.2 Å². The fourth-order valence-electron chi connectivity index (χ4n) is 2.39. The van der Waals surface area contributed by atoms with Gasteiger partial charge in [-0.1, -0.05) is 12.1 Å².